The van der Waals surface area contributed by atoms with Gasteiger partial charge in [0.15, 0.2) is 0 Å². The van der Waals surface area contributed by atoms with E-state index in [1.807, 2.05) is 6.20 Å². The van der Waals surface area contributed by atoms with Gasteiger partial charge in [0, 0.05) is 37.6 Å². The molecule has 1 aromatic rings. The highest BCUT2D eigenvalue weighted by molar-refractivity contribution is 4.95. The zero-order valence-electron chi connectivity index (χ0n) is 7.03. The van der Waals surface area contributed by atoms with Crippen LogP contribution in [0.3, 0.4) is 0 Å². The average Bonchev–Trinajstić information content (AvgIpc) is 2.63. The SMILES string of the molecule is N[C@H]1CCN(Cc2cnc[nH]2)C1. The molecular weight excluding hydrogens is 152 g/mol. The third kappa shape index (κ3) is 1.65. The molecule has 2 heterocycles. The van der Waals surface area contributed by atoms with Crippen molar-refractivity contribution in [2.75, 3.05) is 13.1 Å². The summed E-state index contributed by atoms with van der Waals surface area (Å²) in [5, 5.41) is 0. The Kier molecular flexibility index (Phi) is 2.10. The molecule has 0 spiro atoms. The van der Waals surface area contributed by atoms with E-state index >= 15 is 0 Å². The second kappa shape index (κ2) is 3.25. The Bertz CT molecular complexity index is 231. The minimum atomic E-state index is 0.368. The number of nitrogens with zero attached hydrogens (tertiary/aromatic N) is 2. The summed E-state index contributed by atoms with van der Waals surface area (Å²) in [5.74, 6) is 0. The first-order valence-corrected chi connectivity index (χ1v) is 4.30. The van der Waals surface area contributed by atoms with Crippen LogP contribution in [0.2, 0.25) is 0 Å². The molecule has 66 valence electrons. The summed E-state index contributed by atoms with van der Waals surface area (Å²) in [7, 11) is 0. The molecule has 0 amide bonds. The van der Waals surface area contributed by atoms with E-state index in [4.69, 9.17) is 5.73 Å². The normalized spacial score (nSPS) is 24.9. The lowest BCUT2D eigenvalue weighted by Gasteiger charge is -2.12. The fourth-order valence-electron chi connectivity index (χ4n) is 1.62. The fourth-order valence-corrected chi connectivity index (χ4v) is 1.62. The molecule has 0 unspecified atom stereocenters. The number of imidazole rings is 1. The predicted molar refractivity (Wildman–Crippen MR) is 46.5 cm³/mol. The molecule has 1 saturated heterocycles. The van der Waals surface area contributed by atoms with E-state index in [9.17, 15) is 0 Å². The van der Waals surface area contributed by atoms with Crippen LogP contribution >= 0.6 is 0 Å². The molecule has 1 aromatic heterocycles. The summed E-state index contributed by atoms with van der Waals surface area (Å²) in [6, 6.07) is 0.368. The van der Waals surface area contributed by atoms with Crippen molar-refractivity contribution in [3.63, 3.8) is 0 Å². The molecular formula is C8H14N4. The molecule has 12 heavy (non-hydrogen) atoms. The van der Waals surface area contributed by atoms with Gasteiger partial charge in [0.2, 0.25) is 0 Å². The molecule has 0 saturated carbocycles. The zero-order valence-corrected chi connectivity index (χ0v) is 7.03. The van der Waals surface area contributed by atoms with E-state index in [1.165, 1.54) is 5.69 Å². The van der Waals surface area contributed by atoms with E-state index in [-0.39, 0.29) is 0 Å². The lowest BCUT2D eigenvalue weighted by atomic mass is 10.3. The molecule has 1 atom stereocenters. The van der Waals surface area contributed by atoms with Gasteiger partial charge in [-0.25, -0.2) is 4.98 Å². The van der Waals surface area contributed by atoms with Crippen molar-refractivity contribution in [3.05, 3.63) is 18.2 Å². The summed E-state index contributed by atoms with van der Waals surface area (Å²) in [6.45, 7) is 3.08. The molecule has 4 nitrogen and oxygen atoms in total. The molecule has 0 bridgehead atoms. The summed E-state index contributed by atoms with van der Waals surface area (Å²) in [6.07, 6.45) is 4.70. The van der Waals surface area contributed by atoms with Crippen LogP contribution < -0.4 is 5.73 Å². The van der Waals surface area contributed by atoms with Crippen LogP contribution in [0.5, 0.6) is 0 Å². The highest BCUT2D eigenvalue weighted by Gasteiger charge is 2.18. The van der Waals surface area contributed by atoms with Crippen molar-refractivity contribution in [3.8, 4) is 0 Å². The molecule has 1 fully saturated rings. The minimum absolute atomic E-state index is 0.368. The standard InChI is InChI=1S/C8H14N4/c9-7-1-2-12(4-7)5-8-3-10-6-11-8/h3,6-7H,1-2,4-5,9H2,(H,10,11)/t7-/m0/s1. The molecule has 1 aliphatic rings. The monoisotopic (exact) mass is 166 g/mol. The van der Waals surface area contributed by atoms with E-state index in [0.717, 1.165) is 26.1 Å². The van der Waals surface area contributed by atoms with Crippen molar-refractivity contribution in [2.45, 2.75) is 19.0 Å². The van der Waals surface area contributed by atoms with Crippen LogP contribution in [0.15, 0.2) is 12.5 Å². The summed E-state index contributed by atoms with van der Waals surface area (Å²) in [4.78, 5) is 9.40. The van der Waals surface area contributed by atoms with E-state index in [2.05, 4.69) is 14.9 Å². The van der Waals surface area contributed by atoms with Crippen LogP contribution in [0.1, 0.15) is 12.1 Å². The molecule has 0 radical (unpaired) electrons. The number of nitrogens with two attached hydrogens (primary N) is 1. The van der Waals surface area contributed by atoms with Crippen molar-refractivity contribution in [1.82, 2.24) is 14.9 Å². The molecule has 3 N–H and O–H groups in total. The van der Waals surface area contributed by atoms with Crippen molar-refractivity contribution < 1.29 is 0 Å². The van der Waals surface area contributed by atoms with Gasteiger partial charge in [0.25, 0.3) is 0 Å². The number of hydrogen-bond acceptors (Lipinski definition) is 3. The number of aromatic amines is 1. The van der Waals surface area contributed by atoms with Crippen molar-refractivity contribution in [2.24, 2.45) is 5.73 Å². The molecule has 4 heteroatoms. The molecule has 1 aliphatic heterocycles. The lowest BCUT2D eigenvalue weighted by Crippen LogP contribution is -2.26. The van der Waals surface area contributed by atoms with Crippen LogP contribution in [-0.2, 0) is 6.54 Å². The van der Waals surface area contributed by atoms with Crippen molar-refractivity contribution >= 4 is 0 Å². The van der Waals surface area contributed by atoms with Gasteiger partial charge in [0.05, 0.1) is 6.33 Å². The zero-order chi connectivity index (χ0) is 8.39. The number of aromatic nitrogens is 2. The number of likely N-dealkylation sites (tertiary alicyclic amines) is 1. The quantitative estimate of drug-likeness (QED) is 0.647. The topological polar surface area (TPSA) is 57.9 Å². The predicted octanol–water partition coefficient (Wildman–Crippen LogP) is -0.0573. The Morgan fingerprint density at radius 2 is 2.67 bits per heavy atom. The Morgan fingerprint density at radius 1 is 1.75 bits per heavy atom. The summed E-state index contributed by atoms with van der Waals surface area (Å²) >= 11 is 0. The maximum Gasteiger partial charge on any atom is 0.0922 e. The summed E-state index contributed by atoms with van der Waals surface area (Å²) in [5.41, 5.74) is 6.96. The third-order valence-corrected chi connectivity index (χ3v) is 2.26. The van der Waals surface area contributed by atoms with E-state index in [0.29, 0.717) is 6.04 Å². The van der Waals surface area contributed by atoms with Gasteiger partial charge < -0.3 is 10.7 Å². The van der Waals surface area contributed by atoms with Gasteiger partial charge >= 0.3 is 0 Å². The maximum absolute atomic E-state index is 5.79. The van der Waals surface area contributed by atoms with Gasteiger partial charge in [0.1, 0.15) is 0 Å². The Labute approximate surface area is 71.8 Å². The molecule has 0 aromatic carbocycles. The van der Waals surface area contributed by atoms with Crippen LogP contribution in [0.25, 0.3) is 0 Å². The maximum atomic E-state index is 5.79. The molecule has 0 aliphatic carbocycles. The first-order chi connectivity index (χ1) is 5.84. The van der Waals surface area contributed by atoms with E-state index in [1.54, 1.807) is 6.33 Å². The van der Waals surface area contributed by atoms with Crippen LogP contribution in [0.4, 0.5) is 0 Å². The smallest absolute Gasteiger partial charge is 0.0922 e. The first-order valence-electron chi connectivity index (χ1n) is 4.30. The summed E-state index contributed by atoms with van der Waals surface area (Å²) < 4.78 is 0. The Balaban J connectivity index is 1.88. The second-order valence-corrected chi connectivity index (χ2v) is 3.36. The average molecular weight is 166 g/mol. The van der Waals surface area contributed by atoms with Crippen LogP contribution in [-0.4, -0.2) is 34.0 Å². The molecule has 2 rings (SSSR count). The van der Waals surface area contributed by atoms with Gasteiger partial charge in [-0.1, -0.05) is 0 Å². The fraction of sp³-hybridized carbons (Fsp3) is 0.625. The minimum Gasteiger partial charge on any atom is -0.347 e. The number of hydrogen-bond donors (Lipinski definition) is 2. The number of H-pyrrole nitrogens is 1. The first kappa shape index (κ1) is 7.76. The van der Waals surface area contributed by atoms with Crippen molar-refractivity contribution in [1.29, 1.82) is 0 Å². The third-order valence-electron chi connectivity index (χ3n) is 2.26. The van der Waals surface area contributed by atoms with E-state index < -0.39 is 0 Å². The number of rotatable bonds is 2. The van der Waals surface area contributed by atoms with Gasteiger partial charge in [-0.15, -0.1) is 0 Å². The number of nitrogens with one attached hydrogen (secondary N) is 1. The highest BCUT2D eigenvalue weighted by Crippen LogP contribution is 2.09. The van der Waals surface area contributed by atoms with Gasteiger partial charge in [-0.2, -0.15) is 0 Å². The van der Waals surface area contributed by atoms with Gasteiger partial charge in [-0.05, 0) is 6.42 Å². The van der Waals surface area contributed by atoms with Gasteiger partial charge in [-0.3, -0.25) is 4.90 Å². The Morgan fingerprint density at radius 3 is 3.25 bits per heavy atom. The Hall–Kier alpha value is -0.870. The highest BCUT2D eigenvalue weighted by atomic mass is 15.2. The second-order valence-electron chi connectivity index (χ2n) is 3.36. The lowest BCUT2D eigenvalue weighted by molar-refractivity contribution is 0.323. The largest absolute Gasteiger partial charge is 0.347 e. The van der Waals surface area contributed by atoms with Crippen LogP contribution in [0, 0.1) is 0 Å².